The highest BCUT2D eigenvalue weighted by Crippen LogP contribution is 2.31. The molecule has 1 saturated heterocycles. The molecule has 144 valence electrons. The quantitative estimate of drug-likeness (QED) is 0.376. The second-order valence-electron chi connectivity index (χ2n) is 6.55. The van der Waals surface area contributed by atoms with Crippen LogP contribution in [0.1, 0.15) is 24.1 Å². The molecule has 8 nitrogen and oxygen atoms in total. The lowest BCUT2D eigenvalue weighted by atomic mass is 9.98. The summed E-state index contributed by atoms with van der Waals surface area (Å²) in [5.74, 6) is 0.718. The van der Waals surface area contributed by atoms with E-state index in [4.69, 9.17) is 5.73 Å². The van der Waals surface area contributed by atoms with Crippen LogP contribution in [0.25, 0.3) is 0 Å². The van der Waals surface area contributed by atoms with E-state index in [2.05, 4.69) is 20.6 Å². The van der Waals surface area contributed by atoms with Gasteiger partial charge >= 0.3 is 5.69 Å². The lowest BCUT2D eigenvalue weighted by molar-refractivity contribution is -0.385. The largest absolute Gasteiger partial charge is 0.368 e. The van der Waals surface area contributed by atoms with Crippen LogP contribution in [-0.2, 0) is 6.42 Å². The SMILES string of the molecule is CSc1ccccc1Cc1nc(N)nc(NCC2CCNCC2)c1[N+](=O)[O-]. The Hall–Kier alpha value is -2.39. The number of hydrogen-bond donors (Lipinski definition) is 3. The number of nitrogens with one attached hydrogen (secondary N) is 2. The highest BCUT2D eigenvalue weighted by atomic mass is 32.2. The molecule has 0 atom stereocenters. The van der Waals surface area contributed by atoms with Gasteiger partial charge < -0.3 is 16.4 Å². The highest BCUT2D eigenvalue weighted by molar-refractivity contribution is 7.98. The number of hydrogen-bond acceptors (Lipinski definition) is 8. The number of nitrogens with zero attached hydrogens (tertiary/aromatic N) is 3. The zero-order valence-corrected chi connectivity index (χ0v) is 16.1. The van der Waals surface area contributed by atoms with Gasteiger partial charge in [-0.25, -0.2) is 4.98 Å². The fraction of sp³-hybridized carbons (Fsp3) is 0.444. The van der Waals surface area contributed by atoms with Crippen LogP contribution in [0.4, 0.5) is 17.5 Å². The van der Waals surface area contributed by atoms with Gasteiger partial charge in [-0.1, -0.05) is 18.2 Å². The second kappa shape index (κ2) is 9.01. The third kappa shape index (κ3) is 4.86. The Morgan fingerprint density at radius 3 is 2.78 bits per heavy atom. The number of nitro groups is 1. The van der Waals surface area contributed by atoms with Crippen molar-refractivity contribution < 1.29 is 4.92 Å². The maximum atomic E-state index is 11.8. The smallest absolute Gasteiger partial charge is 0.333 e. The predicted octanol–water partition coefficient (Wildman–Crippen LogP) is 2.69. The summed E-state index contributed by atoms with van der Waals surface area (Å²) in [6.45, 7) is 2.58. The van der Waals surface area contributed by atoms with Gasteiger partial charge in [0.1, 0.15) is 5.69 Å². The summed E-state index contributed by atoms with van der Waals surface area (Å²) in [7, 11) is 0. The van der Waals surface area contributed by atoms with E-state index in [-0.39, 0.29) is 17.5 Å². The van der Waals surface area contributed by atoms with Crippen molar-refractivity contribution >= 4 is 29.2 Å². The lowest BCUT2D eigenvalue weighted by Crippen LogP contribution is -2.31. The summed E-state index contributed by atoms with van der Waals surface area (Å²) in [6, 6.07) is 7.81. The van der Waals surface area contributed by atoms with Crippen molar-refractivity contribution in [2.24, 2.45) is 5.92 Å². The first-order valence-electron chi connectivity index (χ1n) is 8.95. The standard InChI is InChI=1S/C18H24N6O2S/c1-27-15-5-3-2-4-13(15)10-14-16(24(25)26)17(23-18(19)22-14)21-11-12-6-8-20-9-7-12/h2-5,12,20H,6-11H2,1H3,(H3,19,21,22,23). The van der Waals surface area contributed by atoms with Gasteiger partial charge in [0.25, 0.3) is 0 Å². The van der Waals surface area contributed by atoms with Gasteiger partial charge in [0, 0.05) is 17.9 Å². The molecular weight excluding hydrogens is 364 g/mol. The summed E-state index contributed by atoms with van der Waals surface area (Å²) in [6.07, 6.45) is 4.39. The molecule has 2 aromatic rings. The third-order valence-corrected chi connectivity index (χ3v) is 5.56. The van der Waals surface area contributed by atoms with Crippen LogP contribution in [0.3, 0.4) is 0 Å². The molecule has 4 N–H and O–H groups in total. The normalized spacial score (nSPS) is 14.9. The number of nitrogen functional groups attached to an aromatic ring is 1. The molecule has 0 aliphatic carbocycles. The van der Waals surface area contributed by atoms with Gasteiger partial charge in [-0.15, -0.1) is 11.8 Å². The van der Waals surface area contributed by atoms with E-state index in [0.29, 0.717) is 24.6 Å². The highest BCUT2D eigenvalue weighted by Gasteiger charge is 2.25. The van der Waals surface area contributed by atoms with Gasteiger partial charge in [0.15, 0.2) is 0 Å². The molecule has 1 aliphatic rings. The summed E-state index contributed by atoms with van der Waals surface area (Å²) in [5.41, 5.74) is 7.09. The van der Waals surface area contributed by atoms with Crippen LogP contribution in [0, 0.1) is 16.0 Å². The number of nitrogens with two attached hydrogens (primary N) is 1. The van der Waals surface area contributed by atoms with Gasteiger partial charge in [0.05, 0.1) is 4.92 Å². The molecule has 1 aromatic carbocycles. The number of aromatic nitrogens is 2. The number of piperidine rings is 1. The van der Waals surface area contributed by atoms with E-state index in [0.717, 1.165) is 36.4 Å². The Balaban J connectivity index is 1.88. The Morgan fingerprint density at radius 2 is 2.07 bits per heavy atom. The van der Waals surface area contributed by atoms with Crippen LogP contribution in [0.5, 0.6) is 0 Å². The second-order valence-corrected chi connectivity index (χ2v) is 7.39. The fourth-order valence-corrected chi connectivity index (χ4v) is 3.93. The number of thioether (sulfide) groups is 1. The summed E-state index contributed by atoms with van der Waals surface area (Å²) in [4.78, 5) is 20.7. The number of rotatable bonds is 7. The van der Waals surface area contributed by atoms with Crippen molar-refractivity contribution in [1.82, 2.24) is 15.3 Å². The van der Waals surface area contributed by atoms with E-state index < -0.39 is 4.92 Å². The third-order valence-electron chi connectivity index (χ3n) is 4.72. The van der Waals surface area contributed by atoms with Gasteiger partial charge in [-0.2, -0.15) is 4.98 Å². The van der Waals surface area contributed by atoms with Crippen molar-refractivity contribution in [3.05, 3.63) is 45.6 Å². The molecule has 1 aromatic heterocycles. The van der Waals surface area contributed by atoms with Crippen LogP contribution < -0.4 is 16.4 Å². The fourth-order valence-electron chi connectivity index (χ4n) is 3.31. The first kappa shape index (κ1) is 19.4. The minimum Gasteiger partial charge on any atom is -0.368 e. The van der Waals surface area contributed by atoms with E-state index >= 15 is 0 Å². The molecule has 0 amide bonds. The average Bonchev–Trinajstić information content (AvgIpc) is 2.67. The van der Waals surface area contributed by atoms with Crippen molar-refractivity contribution in [2.45, 2.75) is 24.2 Å². The van der Waals surface area contributed by atoms with E-state index in [1.54, 1.807) is 11.8 Å². The van der Waals surface area contributed by atoms with Crippen LogP contribution >= 0.6 is 11.8 Å². The number of anilines is 2. The number of benzene rings is 1. The maximum Gasteiger partial charge on any atom is 0.333 e. The Bertz CT molecular complexity index is 810. The molecule has 3 rings (SSSR count). The molecule has 0 unspecified atom stereocenters. The maximum absolute atomic E-state index is 11.8. The van der Waals surface area contributed by atoms with Crippen LogP contribution in [-0.4, -0.2) is 40.8 Å². The van der Waals surface area contributed by atoms with E-state index in [1.165, 1.54) is 0 Å². The molecular formula is C18H24N6O2S. The monoisotopic (exact) mass is 388 g/mol. The van der Waals surface area contributed by atoms with Gasteiger partial charge in [0.2, 0.25) is 11.8 Å². The van der Waals surface area contributed by atoms with Crippen molar-refractivity contribution in [2.75, 3.05) is 36.9 Å². The Labute approximate surface area is 162 Å². The van der Waals surface area contributed by atoms with E-state index in [9.17, 15) is 10.1 Å². The molecule has 0 spiro atoms. The molecule has 0 radical (unpaired) electrons. The molecule has 1 fully saturated rings. The summed E-state index contributed by atoms with van der Waals surface area (Å²) < 4.78 is 0. The molecule has 9 heteroatoms. The minimum absolute atomic E-state index is 0.0463. The van der Waals surface area contributed by atoms with Crippen molar-refractivity contribution in [1.29, 1.82) is 0 Å². The first-order valence-corrected chi connectivity index (χ1v) is 10.2. The van der Waals surface area contributed by atoms with Gasteiger partial charge in [-0.3, -0.25) is 10.1 Å². The molecule has 2 heterocycles. The molecule has 0 bridgehead atoms. The topological polar surface area (TPSA) is 119 Å². The summed E-state index contributed by atoms with van der Waals surface area (Å²) in [5, 5.41) is 18.2. The Morgan fingerprint density at radius 1 is 1.33 bits per heavy atom. The van der Waals surface area contributed by atoms with Crippen LogP contribution in [0.2, 0.25) is 0 Å². The van der Waals surface area contributed by atoms with Crippen molar-refractivity contribution in [3.63, 3.8) is 0 Å². The lowest BCUT2D eigenvalue weighted by Gasteiger charge is -2.23. The van der Waals surface area contributed by atoms with Gasteiger partial charge in [-0.05, 0) is 49.7 Å². The first-order chi connectivity index (χ1) is 13.1. The summed E-state index contributed by atoms with van der Waals surface area (Å²) >= 11 is 1.60. The molecule has 0 saturated carbocycles. The molecule has 27 heavy (non-hydrogen) atoms. The van der Waals surface area contributed by atoms with E-state index in [1.807, 2.05) is 30.5 Å². The Kier molecular flexibility index (Phi) is 6.46. The van der Waals surface area contributed by atoms with Crippen molar-refractivity contribution in [3.8, 4) is 0 Å². The molecule has 1 aliphatic heterocycles. The minimum atomic E-state index is -0.415. The zero-order chi connectivity index (χ0) is 19.2. The predicted molar refractivity (Wildman–Crippen MR) is 108 cm³/mol. The average molecular weight is 388 g/mol. The zero-order valence-electron chi connectivity index (χ0n) is 15.3. The van der Waals surface area contributed by atoms with Crippen LogP contribution in [0.15, 0.2) is 29.2 Å².